The third-order valence-electron chi connectivity index (χ3n) is 6.13. The van der Waals surface area contributed by atoms with Gasteiger partial charge < -0.3 is 4.74 Å². The zero-order valence-electron chi connectivity index (χ0n) is 20.5. The van der Waals surface area contributed by atoms with Gasteiger partial charge in [-0.15, -0.1) is 0 Å². The van der Waals surface area contributed by atoms with Crippen molar-refractivity contribution in [2.24, 2.45) is 0 Å². The van der Waals surface area contributed by atoms with Gasteiger partial charge in [-0.25, -0.2) is 9.48 Å². The Balaban J connectivity index is 1.93. The molecule has 0 amide bonds. The Morgan fingerprint density at radius 3 is 1.67 bits per heavy atom. The maximum absolute atomic E-state index is 13.4. The van der Waals surface area contributed by atoms with Crippen LogP contribution in [-0.4, -0.2) is 21.4 Å². The minimum absolute atomic E-state index is 0.286. The van der Waals surface area contributed by atoms with Crippen molar-refractivity contribution in [1.82, 2.24) is 9.78 Å². The van der Waals surface area contributed by atoms with E-state index in [9.17, 15) is 4.79 Å². The van der Waals surface area contributed by atoms with E-state index in [0.717, 1.165) is 32.1 Å². The van der Waals surface area contributed by atoms with Crippen LogP contribution < -0.4 is 0 Å². The summed E-state index contributed by atoms with van der Waals surface area (Å²) in [6.07, 6.45) is 0. The highest BCUT2D eigenvalue weighted by atomic mass is 79.9. The Morgan fingerprint density at radius 1 is 0.750 bits per heavy atom. The molecule has 5 heteroatoms. The Morgan fingerprint density at radius 2 is 1.22 bits per heavy atom. The quantitative estimate of drug-likeness (QED) is 0.171. The molecule has 0 spiro atoms. The first-order valence-electron chi connectivity index (χ1n) is 11.9. The van der Waals surface area contributed by atoms with Crippen LogP contribution in [0, 0.1) is 0 Å². The van der Waals surface area contributed by atoms with Gasteiger partial charge in [-0.05, 0) is 55.7 Å². The lowest BCUT2D eigenvalue weighted by atomic mass is 9.77. The van der Waals surface area contributed by atoms with E-state index in [-0.39, 0.29) is 5.69 Å². The smallest absolute Gasteiger partial charge is 0.360 e. The van der Waals surface area contributed by atoms with E-state index in [4.69, 9.17) is 9.84 Å². The lowest BCUT2D eigenvalue weighted by Gasteiger charge is -2.37. The van der Waals surface area contributed by atoms with E-state index >= 15 is 0 Å². The molecule has 5 aromatic rings. The number of aromatic nitrogens is 2. The number of carbonyl (C=O) groups excluding carboxylic acids is 1. The van der Waals surface area contributed by atoms with Gasteiger partial charge in [-0.3, -0.25) is 0 Å². The highest BCUT2D eigenvalue weighted by Crippen LogP contribution is 2.43. The molecule has 4 nitrogen and oxygen atoms in total. The SMILES string of the molecule is CC(C)(C)OC(=O)c1nn(C(c2ccccc2)(c2ccccc2)c2ccccc2)c2ccc(Br)cc12. The first kappa shape index (κ1) is 24.0. The van der Waals surface area contributed by atoms with Crippen molar-refractivity contribution in [1.29, 1.82) is 0 Å². The molecule has 0 aliphatic rings. The second-order valence-corrected chi connectivity index (χ2v) is 10.6. The highest BCUT2D eigenvalue weighted by Gasteiger charge is 2.41. The van der Waals surface area contributed by atoms with Crippen LogP contribution >= 0.6 is 15.9 Å². The molecule has 0 aliphatic heterocycles. The molecule has 36 heavy (non-hydrogen) atoms. The van der Waals surface area contributed by atoms with Gasteiger partial charge in [0.15, 0.2) is 5.69 Å². The van der Waals surface area contributed by atoms with Crippen LogP contribution in [0.1, 0.15) is 48.0 Å². The summed E-state index contributed by atoms with van der Waals surface area (Å²) in [6.45, 7) is 5.59. The number of hydrogen-bond donors (Lipinski definition) is 0. The van der Waals surface area contributed by atoms with Crippen molar-refractivity contribution in [3.05, 3.63) is 136 Å². The molecule has 0 N–H and O–H groups in total. The maximum atomic E-state index is 13.4. The average Bonchev–Trinajstić information content (AvgIpc) is 3.25. The van der Waals surface area contributed by atoms with Crippen LogP contribution in [0.3, 0.4) is 0 Å². The summed E-state index contributed by atoms with van der Waals surface area (Å²) < 4.78 is 8.63. The van der Waals surface area contributed by atoms with Gasteiger partial charge in [-0.1, -0.05) is 107 Å². The minimum atomic E-state index is -0.837. The highest BCUT2D eigenvalue weighted by molar-refractivity contribution is 9.10. The van der Waals surface area contributed by atoms with E-state index in [1.165, 1.54) is 0 Å². The topological polar surface area (TPSA) is 44.1 Å². The van der Waals surface area contributed by atoms with E-state index in [0.29, 0.717) is 0 Å². The fourth-order valence-electron chi connectivity index (χ4n) is 4.73. The molecule has 0 aliphatic carbocycles. The van der Waals surface area contributed by atoms with Crippen LogP contribution in [0.4, 0.5) is 0 Å². The summed E-state index contributed by atoms with van der Waals surface area (Å²) in [5.41, 5.74) is 2.73. The number of rotatable bonds is 5. The number of hydrogen-bond acceptors (Lipinski definition) is 3. The number of fused-ring (bicyclic) bond motifs is 1. The largest absolute Gasteiger partial charge is 0.455 e. The van der Waals surface area contributed by atoms with E-state index in [1.807, 2.05) is 98.2 Å². The number of carbonyl (C=O) groups is 1. The number of nitrogens with zero attached hydrogens (tertiary/aromatic N) is 2. The summed E-state index contributed by atoms with van der Waals surface area (Å²) in [4.78, 5) is 13.4. The predicted molar refractivity (Wildman–Crippen MR) is 147 cm³/mol. The Hall–Kier alpha value is -3.70. The molecular formula is C31H27BrN2O2. The van der Waals surface area contributed by atoms with Gasteiger partial charge in [0.2, 0.25) is 0 Å². The number of halogens is 1. The zero-order valence-corrected chi connectivity index (χ0v) is 22.1. The lowest BCUT2D eigenvalue weighted by Crippen LogP contribution is -2.38. The first-order chi connectivity index (χ1) is 17.3. The van der Waals surface area contributed by atoms with Crippen LogP contribution in [0.5, 0.6) is 0 Å². The van der Waals surface area contributed by atoms with Crippen LogP contribution in [0.2, 0.25) is 0 Å². The standard InChI is InChI=1S/C31H27BrN2O2/c1-30(2,3)36-29(35)28-26-21-25(32)19-20-27(26)34(33-28)31(22-13-7-4-8-14-22,23-15-9-5-10-16-23)24-17-11-6-12-18-24/h4-21H,1-3H3. The van der Waals surface area contributed by atoms with Gasteiger partial charge in [-0.2, -0.15) is 5.10 Å². The van der Waals surface area contributed by atoms with Gasteiger partial charge in [0, 0.05) is 9.86 Å². The summed E-state index contributed by atoms with van der Waals surface area (Å²) in [6, 6.07) is 36.8. The van der Waals surface area contributed by atoms with Crippen molar-refractivity contribution in [2.75, 3.05) is 0 Å². The summed E-state index contributed by atoms with van der Waals surface area (Å²) in [7, 11) is 0. The monoisotopic (exact) mass is 538 g/mol. The van der Waals surface area contributed by atoms with Crippen LogP contribution in [0.25, 0.3) is 10.9 Å². The second-order valence-electron chi connectivity index (χ2n) is 9.73. The van der Waals surface area contributed by atoms with Gasteiger partial charge in [0.25, 0.3) is 0 Å². The van der Waals surface area contributed by atoms with Crippen molar-refractivity contribution < 1.29 is 9.53 Å². The molecule has 0 atom stereocenters. The maximum Gasteiger partial charge on any atom is 0.360 e. The zero-order chi connectivity index (χ0) is 25.3. The Kier molecular flexibility index (Phi) is 6.27. The molecule has 0 fully saturated rings. The van der Waals surface area contributed by atoms with Gasteiger partial charge in [0.05, 0.1) is 5.52 Å². The fraction of sp³-hybridized carbons (Fsp3) is 0.161. The van der Waals surface area contributed by atoms with Crippen molar-refractivity contribution in [3.8, 4) is 0 Å². The third-order valence-corrected chi connectivity index (χ3v) is 6.62. The summed E-state index contributed by atoms with van der Waals surface area (Å²) >= 11 is 3.58. The minimum Gasteiger partial charge on any atom is -0.455 e. The molecule has 0 saturated heterocycles. The molecule has 180 valence electrons. The van der Waals surface area contributed by atoms with E-state index in [1.54, 1.807) is 0 Å². The molecule has 4 aromatic carbocycles. The van der Waals surface area contributed by atoms with E-state index < -0.39 is 17.1 Å². The molecule has 5 rings (SSSR count). The predicted octanol–water partition coefficient (Wildman–Crippen LogP) is 7.59. The normalized spacial score (nSPS) is 12.0. The molecule has 0 unspecified atom stereocenters. The molecule has 1 aromatic heterocycles. The summed E-state index contributed by atoms with van der Waals surface area (Å²) in [5, 5.41) is 5.77. The number of benzene rings is 4. The number of esters is 1. The third kappa shape index (κ3) is 4.24. The van der Waals surface area contributed by atoms with Crippen LogP contribution in [-0.2, 0) is 10.3 Å². The Bertz CT molecular complexity index is 1410. The van der Waals surface area contributed by atoms with Gasteiger partial charge >= 0.3 is 5.97 Å². The summed E-state index contributed by atoms with van der Waals surface area (Å²) in [5.74, 6) is -0.451. The molecule has 0 radical (unpaired) electrons. The second kappa shape index (κ2) is 9.40. The van der Waals surface area contributed by atoms with Crippen molar-refractivity contribution in [2.45, 2.75) is 31.9 Å². The fourth-order valence-corrected chi connectivity index (χ4v) is 5.09. The lowest BCUT2D eigenvalue weighted by molar-refractivity contribution is 0.00637. The average molecular weight is 539 g/mol. The van der Waals surface area contributed by atoms with E-state index in [2.05, 4.69) is 52.3 Å². The molecule has 0 bridgehead atoms. The van der Waals surface area contributed by atoms with Crippen molar-refractivity contribution >= 4 is 32.8 Å². The number of ether oxygens (including phenoxy) is 1. The molecule has 1 heterocycles. The molecule has 0 saturated carbocycles. The first-order valence-corrected chi connectivity index (χ1v) is 12.7. The van der Waals surface area contributed by atoms with Gasteiger partial charge in [0.1, 0.15) is 11.1 Å². The van der Waals surface area contributed by atoms with Crippen molar-refractivity contribution in [3.63, 3.8) is 0 Å². The molecular weight excluding hydrogens is 512 g/mol. The Labute approximate surface area is 219 Å². The van der Waals surface area contributed by atoms with Crippen LogP contribution in [0.15, 0.2) is 114 Å².